The van der Waals surface area contributed by atoms with E-state index in [9.17, 15) is 19.4 Å². The molecule has 1 saturated heterocycles. The summed E-state index contributed by atoms with van der Waals surface area (Å²) < 4.78 is 20.4. The minimum absolute atomic E-state index is 0.0956. The first kappa shape index (κ1) is 18.1. The second-order valence-electron chi connectivity index (χ2n) is 5.55. The van der Waals surface area contributed by atoms with Gasteiger partial charge in [-0.3, -0.25) is 4.57 Å². The lowest BCUT2D eigenvalue weighted by atomic mass is 10.1. The molecule has 0 amide bonds. The van der Waals surface area contributed by atoms with Crippen LogP contribution in [0, 0.1) is 0 Å². The largest absolute Gasteiger partial charge is 0.393 e. The molecule has 1 fully saturated rings. The molecule has 0 saturated carbocycles. The van der Waals surface area contributed by atoms with Crippen LogP contribution in [-0.4, -0.2) is 50.4 Å². The number of aromatic nitrogens is 2. The molecule has 2 heterocycles. The van der Waals surface area contributed by atoms with E-state index >= 15 is 0 Å². The molecular formula is C13H19FN6O4. The number of nitrogens with zero attached hydrogens (tertiary/aromatic N) is 5. The van der Waals surface area contributed by atoms with Crippen LogP contribution in [0.3, 0.4) is 0 Å². The number of alkyl halides is 1. The lowest BCUT2D eigenvalue weighted by molar-refractivity contribution is -0.124. The summed E-state index contributed by atoms with van der Waals surface area (Å²) in [5.41, 5.74) is 5.53. The molecule has 1 unspecified atom stereocenters. The van der Waals surface area contributed by atoms with E-state index in [4.69, 9.17) is 10.3 Å². The SMILES string of the molecule is CCC(C)Nc1ccn([C@@H]2O[C@@](CO)(N=[N+]=[N-])[C@@H](O)[C@@H]2F)c(=O)n1. The van der Waals surface area contributed by atoms with Gasteiger partial charge >= 0.3 is 5.69 Å². The summed E-state index contributed by atoms with van der Waals surface area (Å²) in [6.45, 7) is 2.94. The molecule has 132 valence electrons. The first-order chi connectivity index (χ1) is 11.4. The highest BCUT2D eigenvalue weighted by Crippen LogP contribution is 2.39. The van der Waals surface area contributed by atoms with Crippen molar-refractivity contribution in [3.8, 4) is 0 Å². The Morgan fingerprint density at radius 3 is 2.96 bits per heavy atom. The normalized spacial score (nSPS) is 30.6. The van der Waals surface area contributed by atoms with E-state index in [1.54, 1.807) is 0 Å². The van der Waals surface area contributed by atoms with Crippen LogP contribution in [-0.2, 0) is 4.74 Å². The Hall–Kier alpha value is -2.20. The van der Waals surface area contributed by atoms with Crippen LogP contribution in [0.15, 0.2) is 22.2 Å². The Morgan fingerprint density at radius 2 is 2.42 bits per heavy atom. The fraction of sp³-hybridized carbons (Fsp3) is 0.692. The molecule has 0 aromatic carbocycles. The van der Waals surface area contributed by atoms with Crippen molar-refractivity contribution >= 4 is 5.82 Å². The summed E-state index contributed by atoms with van der Waals surface area (Å²) in [7, 11) is 0. The predicted molar refractivity (Wildman–Crippen MR) is 81.9 cm³/mol. The van der Waals surface area contributed by atoms with Crippen molar-refractivity contribution in [3.05, 3.63) is 33.2 Å². The molecule has 5 atom stereocenters. The Kier molecular flexibility index (Phi) is 5.40. The molecule has 1 aromatic heterocycles. The average Bonchev–Trinajstić information content (AvgIpc) is 2.81. The van der Waals surface area contributed by atoms with Crippen LogP contribution in [0.4, 0.5) is 10.2 Å². The van der Waals surface area contributed by atoms with E-state index in [0.717, 1.165) is 11.0 Å². The molecule has 0 radical (unpaired) electrons. The van der Waals surface area contributed by atoms with Gasteiger partial charge in [0, 0.05) is 17.2 Å². The Labute approximate surface area is 136 Å². The zero-order valence-corrected chi connectivity index (χ0v) is 13.2. The number of hydrogen-bond acceptors (Lipinski definition) is 7. The molecule has 3 N–H and O–H groups in total. The van der Waals surface area contributed by atoms with E-state index in [1.807, 2.05) is 13.8 Å². The quantitative estimate of drug-likeness (QED) is 0.394. The third kappa shape index (κ3) is 3.20. The van der Waals surface area contributed by atoms with Crippen LogP contribution in [0.5, 0.6) is 0 Å². The van der Waals surface area contributed by atoms with Crippen molar-refractivity contribution in [1.82, 2.24) is 9.55 Å². The summed E-state index contributed by atoms with van der Waals surface area (Å²) in [6, 6.07) is 1.56. The number of azide groups is 1. The van der Waals surface area contributed by atoms with Gasteiger partial charge in [0.2, 0.25) is 5.72 Å². The highest BCUT2D eigenvalue weighted by molar-refractivity contribution is 5.33. The average molecular weight is 342 g/mol. The number of rotatable bonds is 6. The minimum atomic E-state index is -2.19. The number of nitrogens with one attached hydrogen (secondary N) is 1. The molecule has 0 aliphatic carbocycles. The number of halogens is 1. The summed E-state index contributed by atoms with van der Waals surface area (Å²) in [6.07, 6.45) is -3.51. The topological polar surface area (TPSA) is 145 Å². The zero-order valence-electron chi connectivity index (χ0n) is 13.2. The number of hydrogen-bond donors (Lipinski definition) is 3. The first-order valence-electron chi connectivity index (χ1n) is 7.41. The Morgan fingerprint density at radius 1 is 1.71 bits per heavy atom. The minimum Gasteiger partial charge on any atom is -0.393 e. The third-order valence-electron chi connectivity index (χ3n) is 3.91. The van der Waals surface area contributed by atoms with Crippen LogP contribution in [0.1, 0.15) is 26.5 Å². The fourth-order valence-electron chi connectivity index (χ4n) is 2.32. The van der Waals surface area contributed by atoms with Gasteiger partial charge in [0.1, 0.15) is 11.9 Å². The standard InChI is InChI=1S/C13H19FN6O4/c1-3-7(2)16-8-4-5-20(12(23)17-8)11-9(14)10(22)13(6-21,24-11)18-19-15/h4-5,7,9-11,21-22H,3,6H2,1-2H3,(H,16,17,23)/t7?,9-,10-,11+,13+/m0/s1. The Bertz CT molecular complexity index is 693. The van der Waals surface area contributed by atoms with Gasteiger partial charge in [0.25, 0.3) is 0 Å². The second kappa shape index (κ2) is 7.14. The van der Waals surface area contributed by atoms with Crippen LogP contribution in [0.2, 0.25) is 0 Å². The maximum Gasteiger partial charge on any atom is 0.351 e. The molecule has 11 heteroatoms. The van der Waals surface area contributed by atoms with Crippen molar-refractivity contribution in [2.45, 2.75) is 50.5 Å². The molecule has 24 heavy (non-hydrogen) atoms. The maximum atomic E-state index is 14.3. The number of aliphatic hydroxyl groups excluding tert-OH is 2. The molecule has 1 aromatic rings. The number of aliphatic hydroxyl groups is 2. The summed E-state index contributed by atoms with van der Waals surface area (Å²) in [5, 5.41) is 25.4. The van der Waals surface area contributed by atoms with E-state index in [2.05, 4.69) is 20.3 Å². The van der Waals surface area contributed by atoms with Gasteiger partial charge in [-0.1, -0.05) is 12.0 Å². The van der Waals surface area contributed by atoms with E-state index in [-0.39, 0.29) is 6.04 Å². The van der Waals surface area contributed by atoms with Gasteiger partial charge in [-0.25, -0.2) is 9.18 Å². The van der Waals surface area contributed by atoms with Gasteiger partial charge in [0.15, 0.2) is 12.4 Å². The van der Waals surface area contributed by atoms with Gasteiger partial charge in [0.05, 0.1) is 6.61 Å². The van der Waals surface area contributed by atoms with Crippen LogP contribution in [0.25, 0.3) is 10.4 Å². The van der Waals surface area contributed by atoms with E-state index < -0.39 is 36.5 Å². The lowest BCUT2D eigenvalue weighted by Gasteiger charge is -2.23. The predicted octanol–water partition coefficient (Wildman–Crippen LogP) is 0.680. The highest BCUT2D eigenvalue weighted by atomic mass is 19.1. The van der Waals surface area contributed by atoms with Crippen LogP contribution >= 0.6 is 0 Å². The van der Waals surface area contributed by atoms with E-state index in [1.165, 1.54) is 12.3 Å². The van der Waals surface area contributed by atoms with Crippen LogP contribution < -0.4 is 11.0 Å². The van der Waals surface area contributed by atoms with Gasteiger partial charge in [-0.2, -0.15) is 4.98 Å². The van der Waals surface area contributed by atoms with Crippen molar-refractivity contribution in [2.24, 2.45) is 5.11 Å². The van der Waals surface area contributed by atoms with Crippen molar-refractivity contribution in [3.63, 3.8) is 0 Å². The molecule has 0 spiro atoms. The molecule has 2 rings (SSSR count). The molecule has 0 bridgehead atoms. The smallest absolute Gasteiger partial charge is 0.351 e. The third-order valence-corrected chi connectivity index (χ3v) is 3.91. The number of anilines is 1. The molecular weight excluding hydrogens is 323 g/mol. The summed E-state index contributed by atoms with van der Waals surface area (Å²) in [4.78, 5) is 18.4. The first-order valence-corrected chi connectivity index (χ1v) is 7.41. The maximum absolute atomic E-state index is 14.3. The fourth-order valence-corrected chi connectivity index (χ4v) is 2.32. The van der Waals surface area contributed by atoms with Gasteiger partial charge in [-0.15, -0.1) is 0 Å². The zero-order chi connectivity index (χ0) is 17.9. The lowest BCUT2D eigenvalue weighted by Crippen LogP contribution is -2.43. The molecule has 1 aliphatic rings. The van der Waals surface area contributed by atoms with Crippen molar-refractivity contribution < 1.29 is 19.3 Å². The summed E-state index contributed by atoms with van der Waals surface area (Å²) in [5.74, 6) is 0.322. The van der Waals surface area contributed by atoms with Gasteiger partial charge < -0.3 is 20.3 Å². The second-order valence-corrected chi connectivity index (χ2v) is 5.55. The Balaban J connectivity index is 2.32. The monoisotopic (exact) mass is 342 g/mol. The van der Waals surface area contributed by atoms with Crippen molar-refractivity contribution in [2.75, 3.05) is 11.9 Å². The number of ether oxygens (including phenoxy) is 1. The van der Waals surface area contributed by atoms with E-state index in [0.29, 0.717) is 5.82 Å². The molecule has 1 aliphatic heterocycles. The summed E-state index contributed by atoms with van der Waals surface area (Å²) >= 11 is 0. The van der Waals surface area contributed by atoms with Gasteiger partial charge in [-0.05, 0) is 24.9 Å². The van der Waals surface area contributed by atoms with Crippen molar-refractivity contribution in [1.29, 1.82) is 0 Å². The molecule has 10 nitrogen and oxygen atoms in total. The highest BCUT2D eigenvalue weighted by Gasteiger charge is 2.56.